The fourth-order valence-corrected chi connectivity index (χ4v) is 4.06. The summed E-state index contributed by atoms with van der Waals surface area (Å²) in [6.07, 6.45) is -2.41. The molecule has 6 nitrogen and oxygen atoms in total. The molecule has 0 saturated heterocycles. The molecule has 0 spiro atoms. The molecule has 0 atom stereocenters. The Morgan fingerprint density at radius 2 is 1.84 bits per heavy atom. The van der Waals surface area contributed by atoms with Crippen molar-refractivity contribution >= 4 is 35.1 Å². The summed E-state index contributed by atoms with van der Waals surface area (Å²) >= 11 is 1.04. The van der Waals surface area contributed by atoms with Crippen LogP contribution in [0.3, 0.4) is 0 Å². The van der Waals surface area contributed by atoms with Crippen LogP contribution in [0.4, 0.5) is 29.3 Å². The summed E-state index contributed by atoms with van der Waals surface area (Å²) in [5.74, 6) is -0.220. The summed E-state index contributed by atoms with van der Waals surface area (Å²) in [5.41, 5.74) is 1.14. The standard InChI is InChI=1S/C22H25F3N4O2S/c1-28(2)11-9-26-20(30)14-4-6-16(7-5-14)27-21(31)29-10-8-15-12-19(32-3)17(13-18(15)29)22(23,24)25/h4-7,12-13H,8-11H2,1-3H3,(H,26,30)(H,27,31). The first-order valence-electron chi connectivity index (χ1n) is 9.99. The molecule has 0 bridgehead atoms. The van der Waals surface area contributed by atoms with E-state index in [-0.39, 0.29) is 16.5 Å². The number of hydrogen-bond acceptors (Lipinski definition) is 4. The smallest absolute Gasteiger partial charge is 0.351 e. The summed E-state index contributed by atoms with van der Waals surface area (Å²) in [5, 5.41) is 5.50. The number of hydrogen-bond donors (Lipinski definition) is 2. The molecule has 32 heavy (non-hydrogen) atoms. The first-order valence-corrected chi connectivity index (χ1v) is 11.2. The Kier molecular flexibility index (Phi) is 7.35. The lowest BCUT2D eigenvalue weighted by Gasteiger charge is -2.20. The van der Waals surface area contributed by atoms with Gasteiger partial charge in [-0.25, -0.2) is 4.79 Å². The Bertz CT molecular complexity index is 994. The normalized spacial score (nSPS) is 13.3. The van der Waals surface area contributed by atoms with Gasteiger partial charge in [-0.3, -0.25) is 9.69 Å². The number of fused-ring (bicyclic) bond motifs is 1. The lowest BCUT2D eigenvalue weighted by molar-refractivity contribution is -0.139. The number of rotatable bonds is 6. The van der Waals surface area contributed by atoms with Gasteiger partial charge in [0.2, 0.25) is 0 Å². The van der Waals surface area contributed by atoms with Crippen LogP contribution in [-0.4, -0.2) is 56.8 Å². The Balaban J connectivity index is 1.70. The number of likely N-dealkylation sites (N-methyl/N-ethyl adjacent to an activating group) is 1. The van der Waals surface area contributed by atoms with Crippen molar-refractivity contribution in [2.75, 3.05) is 50.2 Å². The van der Waals surface area contributed by atoms with Gasteiger partial charge in [-0.2, -0.15) is 13.2 Å². The molecule has 0 aliphatic carbocycles. The summed E-state index contributed by atoms with van der Waals surface area (Å²) in [4.78, 5) is 28.3. The first kappa shape index (κ1) is 23.9. The number of thioether (sulfide) groups is 1. The molecule has 1 heterocycles. The van der Waals surface area contributed by atoms with Crippen LogP contribution < -0.4 is 15.5 Å². The highest BCUT2D eigenvalue weighted by Gasteiger charge is 2.36. The molecule has 1 aliphatic heterocycles. The molecule has 172 valence electrons. The topological polar surface area (TPSA) is 64.7 Å². The van der Waals surface area contributed by atoms with Gasteiger partial charge >= 0.3 is 12.2 Å². The van der Waals surface area contributed by atoms with E-state index in [1.807, 2.05) is 19.0 Å². The van der Waals surface area contributed by atoms with E-state index in [1.165, 1.54) is 11.0 Å². The Morgan fingerprint density at radius 1 is 1.16 bits per heavy atom. The highest BCUT2D eigenvalue weighted by atomic mass is 32.2. The van der Waals surface area contributed by atoms with Crippen LogP contribution in [0.15, 0.2) is 41.3 Å². The molecule has 0 radical (unpaired) electrons. The maximum atomic E-state index is 13.4. The van der Waals surface area contributed by atoms with Crippen LogP contribution in [0, 0.1) is 0 Å². The highest BCUT2D eigenvalue weighted by Crippen LogP contribution is 2.42. The molecule has 1 aliphatic rings. The second kappa shape index (κ2) is 9.83. The molecule has 0 unspecified atom stereocenters. The van der Waals surface area contributed by atoms with E-state index in [4.69, 9.17) is 0 Å². The third kappa shape index (κ3) is 5.55. The lowest BCUT2D eigenvalue weighted by atomic mass is 10.1. The SMILES string of the molecule is CSc1cc2c(cc1C(F)(F)F)N(C(=O)Nc1ccc(C(=O)NCCN(C)C)cc1)CC2. The van der Waals surface area contributed by atoms with Gasteiger partial charge in [0.25, 0.3) is 5.91 Å². The summed E-state index contributed by atoms with van der Waals surface area (Å²) in [7, 11) is 3.82. The van der Waals surface area contributed by atoms with E-state index in [0.29, 0.717) is 42.9 Å². The van der Waals surface area contributed by atoms with E-state index >= 15 is 0 Å². The van der Waals surface area contributed by atoms with E-state index in [9.17, 15) is 22.8 Å². The van der Waals surface area contributed by atoms with Crippen molar-refractivity contribution in [3.63, 3.8) is 0 Å². The number of nitrogens with one attached hydrogen (secondary N) is 2. The number of carbonyl (C=O) groups excluding carboxylic acids is 2. The zero-order valence-electron chi connectivity index (χ0n) is 18.0. The van der Waals surface area contributed by atoms with E-state index in [1.54, 1.807) is 30.5 Å². The van der Waals surface area contributed by atoms with Crippen LogP contribution >= 0.6 is 11.8 Å². The molecule has 0 saturated carbocycles. The summed E-state index contributed by atoms with van der Waals surface area (Å²) in [6, 6.07) is 8.41. The molecule has 0 aromatic heterocycles. The largest absolute Gasteiger partial charge is 0.417 e. The van der Waals surface area contributed by atoms with Crippen LogP contribution in [0.25, 0.3) is 0 Å². The van der Waals surface area contributed by atoms with E-state index in [2.05, 4.69) is 10.6 Å². The number of carbonyl (C=O) groups is 2. The van der Waals surface area contributed by atoms with Gasteiger partial charge in [0.05, 0.1) is 5.56 Å². The Morgan fingerprint density at radius 3 is 2.44 bits per heavy atom. The van der Waals surface area contributed by atoms with Crippen molar-refractivity contribution in [1.29, 1.82) is 0 Å². The molecule has 2 aromatic rings. The van der Waals surface area contributed by atoms with Crippen LogP contribution in [-0.2, 0) is 12.6 Å². The number of alkyl halides is 3. The van der Waals surface area contributed by atoms with Crippen LogP contribution in [0.1, 0.15) is 21.5 Å². The fraction of sp³-hybridized carbons (Fsp3) is 0.364. The van der Waals surface area contributed by atoms with Gasteiger partial charge in [0, 0.05) is 41.5 Å². The van der Waals surface area contributed by atoms with Gasteiger partial charge in [-0.15, -0.1) is 11.8 Å². The van der Waals surface area contributed by atoms with Gasteiger partial charge < -0.3 is 15.5 Å². The maximum absolute atomic E-state index is 13.4. The minimum atomic E-state index is -4.50. The highest BCUT2D eigenvalue weighted by molar-refractivity contribution is 7.98. The zero-order valence-corrected chi connectivity index (χ0v) is 18.9. The van der Waals surface area contributed by atoms with Gasteiger partial charge in [0.1, 0.15) is 0 Å². The Labute approximate surface area is 189 Å². The van der Waals surface area contributed by atoms with Crippen molar-refractivity contribution in [2.45, 2.75) is 17.5 Å². The van der Waals surface area contributed by atoms with Crippen molar-refractivity contribution < 1.29 is 22.8 Å². The van der Waals surface area contributed by atoms with E-state index in [0.717, 1.165) is 17.8 Å². The maximum Gasteiger partial charge on any atom is 0.417 e. The number of urea groups is 1. The predicted octanol–water partition coefficient (Wildman–Crippen LogP) is 4.31. The quantitative estimate of drug-likeness (QED) is 0.623. The zero-order chi connectivity index (χ0) is 23.5. The molecule has 2 N–H and O–H groups in total. The van der Waals surface area contributed by atoms with Crippen LogP contribution in [0.2, 0.25) is 0 Å². The average Bonchev–Trinajstić information content (AvgIpc) is 3.15. The molecular weight excluding hydrogens is 441 g/mol. The monoisotopic (exact) mass is 466 g/mol. The summed E-state index contributed by atoms with van der Waals surface area (Å²) in [6.45, 7) is 1.52. The van der Waals surface area contributed by atoms with Crippen LogP contribution in [0.5, 0.6) is 0 Å². The van der Waals surface area contributed by atoms with Gasteiger partial charge in [-0.05, 0) is 68.7 Å². The first-order chi connectivity index (χ1) is 15.1. The van der Waals surface area contributed by atoms with Crippen molar-refractivity contribution in [3.8, 4) is 0 Å². The lowest BCUT2D eigenvalue weighted by Crippen LogP contribution is -2.33. The molecular formula is C22H25F3N4O2S. The summed E-state index contributed by atoms with van der Waals surface area (Å²) < 4.78 is 40.3. The minimum Gasteiger partial charge on any atom is -0.351 e. The van der Waals surface area contributed by atoms with Gasteiger partial charge in [0.15, 0.2) is 0 Å². The fourth-order valence-electron chi connectivity index (χ4n) is 3.41. The predicted molar refractivity (Wildman–Crippen MR) is 121 cm³/mol. The molecule has 10 heteroatoms. The molecule has 0 fully saturated rings. The van der Waals surface area contributed by atoms with Gasteiger partial charge in [-0.1, -0.05) is 0 Å². The number of benzene rings is 2. The third-order valence-electron chi connectivity index (χ3n) is 5.09. The number of anilines is 2. The molecule has 3 amide bonds. The number of nitrogens with zero attached hydrogens (tertiary/aromatic N) is 2. The number of halogens is 3. The second-order valence-corrected chi connectivity index (χ2v) is 8.50. The van der Waals surface area contributed by atoms with Crippen molar-refractivity contribution in [1.82, 2.24) is 10.2 Å². The average molecular weight is 467 g/mol. The minimum absolute atomic E-state index is 0.151. The van der Waals surface area contributed by atoms with Crippen molar-refractivity contribution in [2.24, 2.45) is 0 Å². The van der Waals surface area contributed by atoms with E-state index < -0.39 is 17.8 Å². The molecule has 2 aromatic carbocycles. The van der Waals surface area contributed by atoms with Crippen molar-refractivity contribution in [3.05, 3.63) is 53.1 Å². The Hall–Kier alpha value is -2.72. The third-order valence-corrected chi connectivity index (χ3v) is 5.87. The second-order valence-electron chi connectivity index (χ2n) is 7.65. The number of amides is 3. The molecule has 3 rings (SSSR count).